The van der Waals surface area contributed by atoms with E-state index in [4.69, 9.17) is 14.5 Å². The summed E-state index contributed by atoms with van der Waals surface area (Å²) in [6.45, 7) is 12.5. The van der Waals surface area contributed by atoms with E-state index in [1.807, 2.05) is 39.1 Å². The lowest BCUT2D eigenvalue weighted by Gasteiger charge is -2.41. The number of pyridine rings is 1. The monoisotopic (exact) mass is 438 g/mol. The molecular formula is C25H34N4O3. The molecule has 1 amide bonds. The molecule has 1 aromatic carbocycles. The van der Waals surface area contributed by atoms with E-state index >= 15 is 0 Å². The molecule has 0 aliphatic carbocycles. The van der Waals surface area contributed by atoms with Gasteiger partial charge in [0.1, 0.15) is 16.9 Å². The molecule has 0 bridgehead atoms. The quantitative estimate of drug-likeness (QED) is 0.564. The molecule has 4 rings (SSSR count). The number of amides is 1. The van der Waals surface area contributed by atoms with E-state index in [1.54, 1.807) is 0 Å². The summed E-state index contributed by atoms with van der Waals surface area (Å²) >= 11 is 0. The van der Waals surface area contributed by atoms with Gasteiger partial charge in [0.15, 0.2) is 0 Å². The van der Waals surface area contributed by atoms with E-state index in [9.17, 15) is 4.79 Å². The first kappa shape index (κ1) is 22.5. The van der Waals surface area contributed by atoms with Crippen molar-refractivity contribution < 1.29 is 14.3 Å². The second-order valence-electron chi connectivity index (χ2n) is 10.1. The first-order chi connectivity index (χ1) is 15.2. The van der Waals surface area contributed by atoms with Crippen molar-refractivity contribution >= 4 is 28.0 Å². The number of nitrogens with zero attached hydrogens (tertiary/aromatic N) is 3. The van der Waals surface area contributed by atoms with Gasteiger partial charge in [-0.05, 0) is 32.8 Å². The smallest absolute Gasteiger partial charge is 0.407 e. The highest BCUT2D eigenvalue weighted by Crippen LogP contribution is 2.41. The summed E-state index contributed by atoms with van der Waals surface area (Å²) in [7, 11) is 0. The average Bonchev–Trinajstić information content (AvgIpc) is 3.09. The Morgan fingerprint density at radius 1 is 1.28 bits per heavy atom. The Labute approximate surface area is 189 Å². The van der Waals surface area contributed by atoms with Crippen LogP contribution in [0.2, 0.25) is 0 Å². The maximum absolute atomic E-state index is 11.8. The summed E-state index contributed by atoms with van der Waals surface area (Å²) in [4.78, 5) is 21.3. The van der Waals surface area contributed by atoms with E-state index in [2.05, 4.69) is 40.8 Å². The molecule has 3 aromatic rings. The number of para-hydroxylation sites is 1. The molecule has 1 aliphatic heterocycles. The van der Waals surface area contributed by atoms with Gasteiger partial charge in [-0.25, -0.2) is 9.78 Å². The molecule has 0 radical (unpaired) electrons. The fourth-order valence-corrected chi connectivity index (χ4v) is 4.74. The third kappa shape index (κ3) is 4.58. The molecule has 2 atom stereocenters. The van der Waals surface area contributed by atoms with Crippen LogP contribution in [0, 0.1) is 11.3 Å². The van der Waals surface area contributed by atoms with Crippen LogP contribution in [0.15, 0.2) is 30.5 Å². The minimum absolute atomic E-state index is 0.0222. The minimum Gasteiger partial charge on any atom is -0.444 e. The zero-order valence-electron chi connectivity index (χ0n) is 19.8. The lowest BCUT2D eigenvalue weighted by molar-refractivity contribution is -0.00533. The predicted octanol–water partition coefficient (Wildman–Crippen LogP) is 4.71. The molecule has 2 aromatic heterocycles. The summed E-state index contributed by atoms with van der Waals surface area (Å²) < 4.78 is 13.7. The van der Waals surface area contributed by atoms with Gasteiger partial charge in [0.05, 0.1) is 30.4 Å². The van der Waals surface area contributed by atoms with Gasteiger partial charge in [-0.2, -0.15) is 0 Å². The molecule has 0 spiro atoms. The number of hydrogen-bond donors (Lipinski definition) is 1. The van der Waals surface area contributed by atoms with Gasteiger partial charge in [-0.1, -0.05) is 38.5 Å². The van der Waals surface area contributed by atoms with Crippen LogP contribution in [0.1, 0.15) is 46.9 Å². The van der Waals surface area contributed by atoms with Crippen molar-refractivity contribution in [2.24, 2.45) is 11.3 Å². The summed E-state index contributed by atoms with van der Waals surface area (Å²) in [5.74, 6) is 1.61. The van der Waals surface area contributed by atoms with Crippen LogP contribution in [0.4, 0.5) is 4.79 Å². The molecule has 2 unspecified atom stereocenters. The lowest BCUT2D eigenvalue weighted by Crippen LogP contribution is -2.42. The van der Waals surface area contributed by atoms with Gasteiger partial charge in [0.25, 0.3) is 0 Å². The van der Waals surface area contributed by atoms with E-state index in [0.29, 0.717) is 25.7 Å². The molecule has 0 saturated carbocycles. The van der Waals surface area contributed by atoms with Gasteiger partial charge in [-0.3, -0.25) is 4.98 Å². The maximum Gasteiger partial charge on any atom is 0.407 e. The number of fused-ring (bicyclic) bond motifs is 5. The molecule has 1 N–H and O–H groups in total. The zero-order chi connectivity index (χ0) is 22.9. The van der Waals surface area contributed by atoms with Gasteiger partial charge in [0.2, 0.25) is 0 Å². The number of carbonyl (C=O) groups is 1. The Kier molecular flexibility index (Phi) is 6.12. The number of aromatic nitrogens is 3. The van der Waals surface area contributed by atoms with E-state index in [1.165, 1.54) is 0 Å². The summed E-state index contributed by atoms with van der Waals surface area (Å²) in [6.07, 6.45) is 3.47. The first-order valence-electron chi connectivity index (χ1n) is 11.5. The fraction of sp³-hybridized carbons (Fsp3) is 0.560. The van der Waals surface area contributed by atoms with Crippen LogP contribution in [-0.4, -0.2) is 46.0 Å². The Balaban J connectivity index is 1.47. The Morgan fingerprint density at radius 3 is 2.81 bits per heavy atom. The fourth-order valence-electron chi connectivity index (χ4n) is 4.74. The third-order valence-electron chi connectivity index (χ3n) is 6.33. The normalized spacial score (nSPS) is 21.0. The highest BCUT2D eigenvalue weighted by Gasteiger charge is 2.40. The van der Waals surface area contributed by atoms with Crippen LogP contribution in [0.25, 0.3) is 21.9 Å². The van der Waals surface area contributed by atoms with Gasteiger partial charge in [0, 0.05) is 30.3 Å². The van der Waals surface area contributed by atoms with E-state index in [0.717, 1.165) is 47.1 Å². The number of hydrogen-bond acceptors (Lipinski definition) is 5. The van der Waals surface area contributed by atoms with Crippen LogP contribution in [0.5, 0.6) is 0 Å². The Bertz CT molecular complexity index is 1120. The van der Waals surface area contributed by atoms with Gasteiger partial charge < -0.3 is 19.4 Å². The lowest BCUT2D eigenvalue weighted by atomic mass is 9.72. The topological polar surface area (TPSA) is 78.3 Å². The zero-order valence-corrected chi connectivity index (χ0v) is 19.8. The predicted molar refractivity (Wildman–Crippen MR) is 126 cm³/mol. The molecular weight excluding hydrogens is 404 g/mol. The van der Waals surface area contributed by atoms with Crippen LogP contribution in [0.3, 0.4) is 0 Å². The standard InChI is InChI=1S/C25H34N4O3/c1-6-17-13-21-28-20-14-27-19-10-8-7-9-18(19)22(20)29(21)15-25(17,5)16-31-12-11-26-23(30)32-24(2,3)4/h7-10,14,17H,6,11-13,15-16H2,1-5H3,(H,26,30). The van der Waals surface area contributed by atoms with Crippen molar-refractivity contribution in [2.45, 2.75) is 59.6 Å². The molecule has 0 saturated heterocycles. The second-order valence-corrected chi connectivity index (χ2v) is 10.1. The van der Waals surface area contributed by atoms with Crippen LogP contribution in [-0.2, 0) is 22.4 Å². The molecule has 7 nitrogen and oxygen atoms in total. The van der Waals surface area contributed by atoms with Gasteiger partial charge in [-0.15, -0.1) is 0 Å². The van der Waals surface area contributed by atoms with E-state index < -0.39 is 11.7 Å². The number of rotatable bonds is 6. The largest absolute Gasteiger partial charge is 0.444 e. The van der Waals surface area contributed by atoms with Gasteiger partial charge >= 0.3 is 6.09 Å². The minimum atomic E-state index is -0.500. The molecule has 172 valence electrons. The van der Waals surface area contributed by atoms with Crippen molar-refractivity contribution in [3.05, 3.63) is 36.3 Å². The third-order valence-corrected chi connectivity index (χ3v) is 6.33. The molecule has 1 aliphatic rings. The maximum atomic E-state index is 11.8. The number of carbonyl (C=O) groups excluding carboxylic acids is 1. The molecule has 0 fully saturated rings. The van der Waals surface area contributed by atoms with Crippen molar-refractivity contribution in [1.29, 1.82) is 0 Å². The van der Waals surface area contributed by atoms with Crippen molar-refractivity contribution in [1.82, 2.24) is 19.9 Å². The Morgan fingerprint density at radius 2 is 2.06 bits per heavy atom. The molecule has 3 heterocycles. The summed E-state index contributed by atoms with van der Waals surface area (Å²) in [6, 6.07) is 8.25. The number of nitrogens with one attached hydrogen (secondary N) is 1. The summed E-state index contributed by atoms with van der Waals surface area (Å²) in [5, 5.41) is 3.90. The molecule has 32 heavy (non-hydrogen) atoms. The highest BCUT2D eigenvalue weighted by molar-refractivity contribution is 6.02. The Hall–Kier alpha value is -2.67. The SMILES string of the molecule is CCC1Cc2nc3cnc4ccccc4c3n2CC1(C)COCCNC(=O)OC(C)(C)C. The van der Waals surface area contributed by atoms with Crippen molar-refractivity contribution in [2.75, 3.05) is 19.8 Å². The first-order valence-corrected chi connectivity index (χ1v) is 11.5. The van der Waals surface area contributed by atoms with Crippen molar-refractivity contribution in [3.8, 4) is 0 Å². The van der Waals surface area contributed by atoms with Crippen LogP contribution >= 0.6 is 0 Å². The number of benzene rings is 1. The highest BCUT2D eigenvalue weighted by atomic mass is 16.6. The van der Waals surface area contributed by atoms with E-state index in [-0.39, 0.29) is 5.41 Å². The summed E-state index contributed by atoms with van der Waals surface area (Å²) in [5.41, 5.74) is 2.59. The number of ether oxygens (including phenoxy) is 2. The average molecular weight is 439 g/mol. The molecule has 7 heteroatoms. The number of imidazole rings is 1. The number of alkyl carbamates (subject to hydrolysis) is 1. The van der Waals surface area contributed by atoms with Crippen LogP contribution < -0.4 is 5.32 Å². The second kappa shape index (κ2) is 8.70. The van der Waals surface area contributed by atoms with Crippen molar-refractivity contribution in [3.63, 3.8) is 0 Å².